The normalized spacial score (nSPS) is 11.1. The van der Waals surface area contributed by atoms with Crippen LogP contribution >= 0.6 is 15.9 Å². The molecule has 0 unspecified atom stereocenters. The predicted molar refractivity (Wildman–Crippen MR) is 104 cm³/mol. The van der Waals surface area contributed by atoms with E-state index >= 15 is 0 Å². The molecule has 7 nitrogen and oxygen atoms in total. The van der Waals surface area contributed by atoms with Crippen LogP contribution in [0.5, 0.6) is 0 Å². The summed E-state index contributed by atoms with van der Waals surface area (Å²) >= 11 is 3.40. The summed E-state index contributed by atoms with van der Waals surface area (Å²) < 4.78 is 4.98. The summed E-state index contributed by atoms with van der Waals surface area (Å²) in [6.45, 7) is 4.76. The van der Waals surface area contributed by atoms with Crippen LogP contribution < -0.4 is 11.2 Å². The van der Waals surface area contributed by atoms with E-state index in [0.29, 0.717) is 28.9 Å². The van der Waals surface area contributed by atoms with Crippen LogP contribution in [0.4, 0.5) is 0 Å². The lowest BCUT2D eigenvalue weighted by molar-refractivity contribution is 0.595. The molecule has 136 valence electrons. The van der Waals surface area contributed by atoms with E-state index in [1.807, 2.05) is 38.1 Å². The van der Waals surface area contributed by atoms with Crippen molar-refractivity contribution in [1.29, 1.82) is 0 Å². The van der Waals surface area contributed by atoms with Crippen molar-refractivity contribution >= 4 is 27.1 Å². The molecule has 0 aromatic carbocycles. The zero-order chi connectivity index (χ0) is 18.8. The predicted octanol–water partition coefficient (Wildman–Crippen LogP) is 2.26. The zero-order valence-corrected chi connectivity index (χ0v) is 16.5. The number of nitrogens with zero attached hydrogens (tertiary/aromatic N) is 5. The third kappa shape index (κ3) is 3.41. The van der Waals surface area contributed by atoms with Gasteiger partial charge in [0.15, 0.2) is 15.9 Å². The van der Waals surface area contributed by atoms with Crippen LogP contribution in [0.25, 0.3) is 11.2 Å². The Morgan fingerprint density at radius 1 is 1.23 bits per heavy atom. The highest BCUT2D eigenvalue weighted by molar-refractivity contribution is 9.10. The Labute approximate surface area is 158 Å². The topological polar surface area (TPSA) is 74.7 Å². The third-order valence-corrected chi connectivity index (χ3v) is 4.79. The van der Waals surface area contributed by atoms with E-state index in [1.54, 1.807) is 17.8 Å². The number of aromatic nitrogens is 5. The molecular weight excluding hydrogens is 398 g/mol. The number of allylic oxidation sites excluding steroid dienone is 2. The number of hydrogen-bond donors (Lipinski definition) is 0. The highest BCUT2D eigenvalue weighted by Gasteiger charge is 2.18. The van der Waals surface area contributed by atoms with Crippen LogP contribution in [0.1, 0.15) is 19.5 Å². The maximum absolute atomic E-state index is 13.0. The van der Waals surface area contributed by atoms with Crippen molar-refractivity contribution in [2.45, 2.75) is 33.4 Å². The van der Waals surface area contributed by atoms with E-state index in [9.17, 15) is 9.59 Å². The molecule has 0 amide bonds. The molecule has 3 heterocycles. The minimum Gasteiger partial charge on any atom is -0.309 e. The van der Waals surface area contributed by atoms with Crippen LogP contribution in [-0.4, -0.2) is 23.7 Å². The molecule has 3 aromatic rings. The van der Waals surface area contributed by atoms with E-state index in [4.69, 9.17) is 0 Å². The molecule has 0 fully saturated rings. The van der Waals surface area contributed by atoms with Crippen LogP contribution in [-0.2, 0) is 26.6 Å². The largest absolute Gasteiger partial charge is 0.332 e. The first-order valence-electron chi connectivity index (χ1n) is 8.29. The molecule has 8 heteroatoms. The molecule has 0 aliphatic rings. The molecule has 3 rings (SSSR count). The van der Waals surface area contributed by atoms with Gasteiger partial charge in [0.25, 0.3) is 5.56 Å². The van der Waals surface area contributed by atoms with E-state index < -0.39 is 0 Å². The standard InChI is InChI=1S/C18H20BrN5O2/c1-12(2)7-10-23-14-15(21-17(23)19)22(3)18(26)24(16(14)25)11-8-13-6-4-5-9-20-13/h4-7,9H,8,10-11H2,1-3H3. The number of rotatable bonds is 5. The summed E-state index contributed by atoms with van der Waals surface area (Å²) in [7, 11) is 1.63. The molecule has 0 N–H and O–H groups in total. The van der Waals surface area contributed by atoms with Crippen LogP contribution in [0.3, 0.4) is 0 Å². The van der Waals surface area contributed by atoms with E-state index in [-0.39, 0.29) is 17.8 Å². The van der Waals surface area contributed by atoms with Gasteiger partial charge in [-0.25, -0.2) is 9.78 Å². The van der Waals surface area contributed by atoms with Crippen molar-refractivity contribution in [1.82, 2.24) is 23.7 Å². The molecule has 0 saturated heterocycles. The average molecular weight is 418 g/mol. The quantitative estimate of drug-likeness (QED) is 0.471. The Bertz CT molecular complexity index is 1090. The summed E-state index contributed by atoms with van der Waals surface area (Å²) in [5.41, 5.74) is 2.05. The zero-order valence-electron chi connectivity index (χ0n) is 14.9. The molecule has 0 spiro atoms. The molecule has 0 saturated carbocycles. The number of hydrogen-bond acceptors (Lipinski definition) is 4. The molecule has 3 aromatic heterocycles. The Hall–Kier alpha value is -2.48. The van der Waals surface area contributed by atoms with Crippen LogP contribution in [0, 0.1) is 0 Å². The Morgan fingerprint density at radius 2 is 2.00 bits per heavy atom. The SMILES string of the molecule is CC(C)=CCn1c(Br)nc2c1c(=O)n(CCc1ccccn1)c(=O)n2C. The van der Waals surface area contributed by atoms with E-state index in [2.05, 4.69) is 25.9 Å². The first-order chi connectivity index (χ1) is 12.4. The van der Waals surface area contributed by atoms with Crippen molar-refractivity contribution in [2.24, 2.45) is 7.05 Å². The van der Waals surface area contributed by atoms with Gasteiger partial charge in [0.05, 0.1) is 0 Å². The lowest BCUT2D eigenvalue weighted by atomic mass is 10.2. The van der Waals surface area contributed by atoms with Crippen molar-refractivity contribution in [3.05, 3.63) is 67.3 Å². The van der Waals surface area contributed by atoms with Gasteiger partial charge in [0.1, 0.15) is 0 Å². The Balaban J connectivity index is 2.12. The first-order valence-corrected chi connectivity index (χ1v) is 9.08. The number of imidazole rings is 1. The van der Waals surface area contributed by atoms with Gasteiger partial charge in [0, 0.05) is 38.4 Å². The van der Waals surface area contributed by atoms with Crippen molar-refractivity contribution in [3.8, 4) is 0 Å². The maximum atomic E-state index is 13.0. The summed E-state index contributed by atoms with van der Waals surface area (Å²) in [5.74, 6) is 0. The highest BCUT2D eigenvalue weighted by Crippen LogP contribution is 2.16. The summed E-state index contributed by atoms with van der Waals surface area (Å²) in [4.78, 5) is 34.3. The maximum Gasteiger partial charge on any atom is 0.332 e. The van der Waals surface area contributed by atoms with Gasteiger partial charge in [-0.1, -0.05) is 17.7 Å². The van der Waals surface area contributed by atoms with Crippen molar-refractivity contribution in [2.75, 3.05) is 0 Å². The van der Waals surface area contributed by atoms with Gasteiger partial charge >= 0.3 is 5.69 Å². The molecule has 0 atom stereocenters. The fraction of sp³-hybridized carbons (Fsp3) is 0.333. The lowest BCUT2D eigenvalue weighted by Crippen LogP contribution is -2.40. The van der Waals surface area contributed by atoms with Crippen molar-refractivity contribution in [3.63, 3.8) is 0 Å². The number of halogens is 1. The average Bonchev–Trinajstić information content (AvgIpc) is 2.95. The Kier molecular flexibility index (Phi) is 5.22. The van der Waals surface area contributed by atoms with E-state index in [0.717, 1.165) is 11.3 Å². The fourth-order valence-corrected chi connectivity index (χ4v) is 3.25. The number of aryl methyl sites for hydroxylation is 2. The van der Waals surface area contributed by atoms with Crippen LogP contribution in [0.15, 0.2) is 50.4 Å². The Morgan fingerprint density at radius 3 is 2.65 bits per heavy atom. The second kappa shape index (κ2) is 7.41. The number of pyridine rings is 1. The van der Waals surface area contributed by atoms with E-state index in [1.165, 1.54) is 9.13 Å². The second-order valence-corrected chi connectivity index (χ2v) is 7.02. The smallest absolute Gasteiger partial charge is 0.309 e. The molecular formula is C18H20BrN5O2. The minimum atomic E-state index is -0.377. The molecule has 0 bridgehead atoms. The highest BCUT2D eigenvalue weighted by atomic mass is 79.9. The van der Waals surface area contributed by atoms with Crippen LogP contribution in [0.2, 0.25) is 0 Å². The minimum absolute atomic E-state index is 0.268. The summed E-state index contributed by atoms with van der Waals surface area (Å²) in [6.07, 6.45) is 4.21. The monoisotopic (exact) mass is 417 g/mol. The molecule has 0 aliphatic carbocycles. The van der Waals surface area contributed by atoms with Crippen molar-refractivity contribution < 1.29 is 0 Å². The third-order valence-electron chi connectivity index (χ3n) is 4.19. The number of fused-ring (bicyclic) bond motifs is 1. The second-order valence-electron chi connectivity index (χ2n) is 6.31. The van der Waals surface area contributed by atoms with Gasteiger partial charge in [-0.2, -0.15) is 0 Å². The van der Waals surface area contributed by atoms with Gasteiger partial charge in [-0.05, 0) is 41.9 Å². The van der Waals surface area contributed by atoms with Gasteiger partial charge in [-0.15, -0.1) is 0 Å². The fourth-order valence-electron chi connectivity index (χ4n) is 2.76. The molecule has 26 heavy (non-hydrogen) atoms. The first kappa shape index (κ1) is 18.3. The lowest BCUT2D eigenvalue weighted by Gasteiger charge is -2.09. The summed E-state index contributed by atoms with van der Waals surface area (Å²) in [6, 6.07) is 5.60. The molecule has 0 aliphatic heterocycles. The van der Waals surface area contributed by atoms with Gasteiger partial charge in [0.2, 0.25) is 0 Å². The van der Waals surface area contributed by atoms with Gasteiger partial charge < -0.3 is 4.57 Å². The van der Waals surface area contributed by atoms with Gasteiger partial charge in [-0.3, -0.25) is 18.9 Å². The molecule has 0 radical (unpaired) electrons. The summed E-state index contributed by atoms with van der Waals surface area (Å²) in [5, 5.41) is 0.